The van der Waals surface area contributed by atoms with E-state index in [4.69, 9.17) is 9.47 Å². The average molecular weight is 951 g/mol. The van der Waals surface area contributed by atoms with Crippen molar-refractivity contribution in [3.63, 3.8) is 0 Å². The third kappa shape index (κ3) is 38.1. The van der Waals surface area contributed by atoms with Crippen molar-refractivity contribution in [1.29, 1.82) is 0 Å². The van der Waals surface area contributed by atoms with Crippen LogP contribution < -0.4 is 5.32 Å². The van der Waals surface area contributed by atoms with Crippen molar-refractivity contribution in [2.75, 3.05) is 13.2 Å². The van der Waals surface area contributed by atoms with E-state index in [1.165, 1.54) is 225 Å². The van der Waals surface area contributed by atoms with Crippen LogP contribution in [0.3, 0.4) is 0 Å². The molecule has 7 atom stereocenters. The summed E-state index contributed by atoms with van der Waals surface area (Å²) in [5.41, 5.74) is 0. The number of nitrogens with one attached hydrogen (secondary N) is 1. The van der Waals surface area contributed by atoms with Crippen molar-refractivity contribution in [3.8, 4) is 0 Å². The number of carbonyl (C=O) groups is 1. The van der Waals surface area contributed by atoms with Gasteiger partial charge in [0.05, 0.1) is 25.4 Å². The Kier molecular flexibility index (Phi) is 45.9. The molecule has 1 rings (SSSR count). The second-order valence-electron chi connectivity index (χ2n) is 20.4. The summed E-state index contributed by atoms with van der Waals surface area (Å²) in [6.07, 6.45) is 54.3. The van der Waals surface area contributed by atoms with E-state index in [1.807, 2.05) is 6.08 Å². The van der Waals surface area contributed by atoms with Gasteiger partial charge in [-0.25, -0.2) is 0 Å². The van der Waals surface area contributed by atoms with Crippen LogP contribution in [0, 0.1) is 0 Å². The number of aliphatic hydroxyl groups excluding tert-OH is 5. The molecule has 0 radical (unpaired) electrons. The van der Waals surface area contributed by atoms with Crippen LogP contribution >= 0.6 is 0 Å². The minimum atomic E-state index is -1.56. The fourth-order valence-electron chi connectivity index (χ4n) is 9.39. The molecule has 1 aliphatic rings. The monoisotopic (exact) mass is 950 g/mol. The van der Waals surface area contributed by atoms with Gasteiger partial charge in [-0.1, -0.05) is 256 Å². The molecule has 1 fully saturated rings. The molecule has 0 bridgehead atoms. The topological polar surface area (TPSA) is 149 Å². The van der Waals surface area contributed by atoms with E-state index in [1.54, 1.807) is 6.08 Å². The van der Waals surface area contributed by atoms with Crippen LogP contribution in [0.25, 0.3) is 0 Å². The number of hydrogen-bond donors (Lipinski definition) is 6. The van der Waals surface area contributed by atoms with Gasteiger partial charge < -0.3 is 40.3 Å². The summed E-state index contributed by atoms with van der Waals surface area (Å²) in [6, 6.07) is -0.799. The van der Waals surface area contributed by atoms with Crippen molar-refractivity contribution >= 4 is 5.91 Å². The van der Waals surface area contributed by atoms with E-state index in [-0.39, 0.29) is 12.5 Å². The fraction of sp³-hybridized carbons (Fsp3) is 0.914. The van der Waals surface area contributed by atoms with Crippen LogP contribution in [-0.2, 0) is 14.3 Å². The van der Waals surface area contributed by atoms with E-state index in [0.29, 0.717) is 6.42 Å². The molecule has 0 aromatic heterocycles. The number of hydrogen-bond acceptors (Lipinski definition) is 8. The number of allylic oxidation sites excluding steroid dienone is 3. The maximum absolute atomic E-state index is 13.0. The molecular weight excluding hydrogens is 839 g/mol. The molecule has 1 heterocycles. The lowest BCUT2D eigenvalue weighted by Gasteiger charge is -2.40. The Morgan fingerprint density at radius 3 is 1.21 bits per heavy atom. The molecule has 9 heteroatoms. The Labute approximate surface area is 413 Å². The molecule has 1 amide bonds. The van der Waals surface area contributed by atoms with E-state index in [0.717, 1.165) is 38.5 Å². The minimum Gasteiger partial charge on any atom is -0.394 e. The Bertz CT molecular complexity index is 1100. The molecule has 0 aliphatic carbocycles. The predicted molar refractivity (Wildman–Crippen MR) is 281 cm³/mol. The maximum Gasteiger partial charge on any atom is 0.220 e. The number of carbonyl (C=O) groups excluding carboxylic acids is 1. The highest BCUT2D eigenvalue weighted by Gasteiger charge is 2.44. The van der Waals surface area contributed by atoms with Gasteiger partial charge in [0.1, 0.15) is 24.4 Å². The van der Waals surface area contributed by atoms with E-state index < -0.39 is 49.5 Å². The zero-order chi connectivity index (χ0) is 48.7. The summed E-state index contributed by atoms with van der Waals surface area (Å²) in [5.74, 6) is -0.174. The number of ether oxygens (including phenoxy) is 2. The zero-order valence-electron chi connectivity index (χ0n) is 43.9. The van der Waals surface area contributed by atoms with Gasteiger partial charge in [0, 0.05) is 6.42 Å². The zero-order valence-corrected chi connectivity index (χ0v) is 43.9. The van der Waals surface area contributed by atoms with Gasteiger partial charge in [-0.3, -0.25) is 4.79 Å². The van der Waals surface area contributed by atoms with Gasteiger partial charge in [0.15, 0.2) is 6.29 Å². The van der Waals surface area contributed by atoms with E-state index >= 15 is 0 Å². The highest BCUT2D eigenvalue weighted by molar-refractivity contribution is 5.76. The summed E-state index contributed by atoms with van der Waals surface area (Å²) in [7, 11) is 0. The molecular formula is C58H111NO8. The van der Waals surface area contributed by atoms with Crippen LogP contribution in [0.15, 0.2) is 24.3 Å². The molecule has 396 valence electrons. The first-order valence-electron chi connectivity index (χ1n) is 29.1. The largest absolute Gasteiger partial charge is 0.394 e. The highest BCUT2D eigenvalue weighted by Crippen LogP contribution is 2.23. The molecule has 0 aromatic carbocycles. The summed E-state index contributed by atoms with van der Waals surface area (Å²) in [5, 5.41) is 54.2. The quantitative estimate of drug-likeness (QED) is 0.0261. The molecule has 0 aromatic rings. The van der Waals surface area contributed by atoms with Gasteiger partial charge in [-0.05, 0) is 44.9 Å². The Hall–Kier alpha value is -1.33. The van der Waals surface area contributed by atoms with Gasteiger partial charge in [-0.15, -0.1) is 0 Å². The normalized spacial score (nSPS) is 19.8. The van der Waals surface area contributed by atoms with Crippen LogP contribution in [-0.4, -0.2) is 87.5 Å². The SMILES string of the molecule is CCCCCCCCC/C=C/C(O)C(COC1OC(CO)C(O)C(O)C1O)NC(=O)CCCCCCCCCCCCCCCCCCCCCCCCC/C=C\CCCCCCCCCC. The van der Waals surface area contributed by atoms with Crippen molar-refractivity contribution in [3.05, 3.63) is 24.3 Å². The molecule has 7 unspecified atom stereocenters. The first-order valence-corrected chi connectivity index (χ1v) is 29.1. The second-order valence-corrected chi connectivity index (χ2v) is 20.4. The standard InChI is InChI=1S/C58H111NO8/c1-3-5-7-9-11-13-14-15-16-17-18-19-20-21-22-23-24-25-26-27-28-29-30-31-32-33-34-35-36-37-38-40-42-44-46-48-54(62)59-51(52(61)47-45-43-41-39-12-10-8-6-4-2)50-66-58-57(65)56(64)55(63)53(49-60)67-58/h17-18,45,47,51-53,55-58,60-61,63-65H,3-16,19-44,46,48-50H2,1-2H3,(H,59,62)/b18-17-,47-45+. The Morgan fingerprint density at radius 1 is 0.493 bits per heavy atom. The summed E-state index contributed by atoms with van der Waals surface area (Å²) < 4.78 is 11.2. The van der Waals surface area contributed by atoms with E-state index in [9.17, 15) is 30.3 Å². The summed E-state index contributed by atoms with van der Waals surface area (Å²) >= 11 is 0. The number of aliphatic hydroxyl groups is 5. The number of unbranched alkanes of at least 4 members (excludes halogenated alkanes) is 38. The maximum atomic E-state index is 13.0. The second kappa shape index (κ2) is 48.3. The number of amides is 1. The van der Waals surface area contributed by atoms with Crippen LogP contribution in [0.5, 0.6) is 0 Å². The van der Waals surface area contributed by atoms with Crippen LogP contribution in [0.2, 0.25) is 0 Å². The Morgan fingerprint density at radius 2 is 0.836 bits per heavy atom. The molecule has 1 aliphatic heterocycles. The van der Waals surface area contributed by atoms with Crippen molar-refractivity contribution < 1.29 is 39.8 Å². The lowest BCUT2D eigenvalue weighted by Crippen LogP contribution is -2.60. The highest BCUT2D eigenvalue weighted by atomic mass is 16.7. The van der Waals surface area contributed by atoms with Crippen LogP contribution in [0.4, 0.5) is 0 Å². The molecule has 1 saturated heterocycles. The Balaban J connectivity index is 2.02. The molecule has 67 heavy (non-hydrogen) atoms. The van der Waals surface area contributed by atoms with Crippen molar-refractivity contribution in [1.82, 2.24) is 5.32 Å². The molecule has 0 spiro atoms. The summed E-state index contributed by atoms with van der Waals surface area (Å²) in [4.78, 5) is 13.0. The van der Waals surface area contributed by atoms with Gasteiger partial charge in [0.25, 0.3) is 0 Å². The molecule has 9 nitrogen and oxygen atoms in total. The third-order valence-electron chi connectivity index (χ3n) is 14.0. The van der Waals surface area contributed by atoms with Crippen molar-refractivity contribution in [2.45, 2.75) is 326 Å². The van der Waals surface area contributed by atoms with Gasteiger partial charge in [0.2, 0.25) is 5.91 Å². The fourth-order valence-corrected chi connectivity index (χ4v) is 9.39. The third-order valence-corrected chi connectivity index (χ3v) is 14.0. The molecule has 6 N–H and O–H groups in total. The van der Waals surface area contributed by atoms with E-state index in [2.05, 4.69) is 31.3 Å². The smallest absolute Gasteiger partial charge is 0.220 e. The first kappa shape index (κ1) is 63.7. The molecule has 0 saturated carbocycles. The van der Waals surface area contributed by atoms with Crippen molar-refractivity contribution in [2.24, 2.45) is 0 Å². The van der Waals surface area contributed by atoms with Gasteiger partial charge >= 0.3 is 0 Å². The lowest BCUT2D eigenvalue weighted by atomic mass is 9.99. The lowest BCUT2D eigenvalue weighted by molar-refractivity contribution is -0.302. The first-order chi connectivity index (χ1) is 32.8. The van der Waals surface area contributed by atoms with Gasteiger partial charge in [-0.2, -0.15) is 0 Å². The minimum absolute atomic E-state index is 0.174. The van der Waals surface area contributed by atoms with Crippen LogP contribution in [0.1, 0.15) is 284 Å². The summed E-state index contributed by atoms with van der Waals surface area (Å²) in [6.45, 7) is 3.76. The predicted octanol–water partition coefficient (Wildman–Crippen LogP) is 14.2. The number of rotatable bonds is 50. The average Bonchev–Trinajstić information content (AvgIpc) is 3.33.